The van der Waals surface area contributed by atoms with E-state index in [0.717, 1.165) is 22.3 Å². The first kappa shape index (κ1) is 100. The Kier molecular flexibility index (Phi) is 36.1. The normalized spacial score (nSPS) is 27.6. The Morgan fingerprint density at radius 3 is 2.14 bits per heavy atom. The number of nitrogen functional groups attached to an aromatic ring is 1. The summed E-state index contributed by atoms with van der Waals surface area (Å²) < 4.78 is 69.4. The summed E-state index contributed by atoms with van der Waals surface area (Å²) >= 11 is 0. The van der Waals surface area contributed by atoms with Crippen LogP contribution in [0.1, 0.15) is 175 Å². The second kappa shape index (κ2) is 47.4. The van der Waals surface area contributed by atoms with Crippen molar-refractivity contribution in [2.75, 3.05) is 134 Å². The van der Waals surface area contributed by atoms with Crippen molar-refractivity contribution in [2.45, 2.75) is 217 Å². The van der Waals surface area contributed by atoms with E-state index in [-0.39, 0.29) is 117 Å². The minimum Gasteiger partial charge on any atom is -0.491 e. The number of anilines is 3. The number of nitrogens with two attached hydrogens (primary N) is 1. The molecular formula is C97H132N14O20S. The van der Waals surface area contributed by atoms with Crippen LogP contribution >= 0.6 is 0 Å². The van der Waals surface area contributed by atoms with Crippen LogP contribution in [0.25, 0.3) is 11.1 Å². The molecule has 3 aromatic heterocycles. The van der Waals surface area contributed by atoms with Crippen LogP contribution in [-0.2, 0) is 75.3 Å². The monoisotopic (exact) mass is 1840 g/mol. The summed E-state index contributed by atoms with van der Waals surface area (Å²) in [7, 11) is -0.727. The van der Waals surface area contributed by atoms with Gasteiger partial charge in [-0.3, -0.25) is 33.7 Å². The van der Waals surface area contributed by atoms with E-state index in [1.54, 1.807) is 77.5 Å². The summed E-state index contributed by atoms with van der Waals surface area (Å²) in [6, 6.07) is 12.6. The van der Waals surface area contributed by atoms with E-state index in [4.69, 9.17) is 38.9 Å². The van der Waals surface area contributed by atoms with Gasteiger partial charge in [0.05, 0.1) is 72.9 Å². The first-order valence-electron chi connectivity index (χ1n) is 46.5. The van der Waals surface area contributed by atoms with Gasteiger partial charge in [0.25, 0.3) is 23.5 Å². The number of rotatable bonds is 23. The van der Waals surface area contributed by atoms with Crippen LogP contribution in [0.4, 0.5) is 22.5 Å². The number of cyclic esters (lactones) is 1. The molecule has 0 spiro atoms. The minimum atomic E-state index is -3.86. The Balaban J connectivity index is 0.537. The number of aromatic nitrogens is 5. The van der Waals surface area contributed by atoms with Crippen LogP contribution < -0.4 is 30.9 Å². The number of alkyl carbamates (subject to hydrolysis) is 1. The van der Waals surface area contributed by atoms with Gasteiger partial charge in [-0.05, 0) is 168 Å². The number of piperidine rings is 1. The molecular weight excluding hydrogens is 1710 g/mol. The highest BCUT2D eigenvalue weighted by atomic mass is 32.2. The van der Waals surface area contributed by atoms with Crippen LogP contribution in [0, 0.1) is 36.5 Å². The first-order chi connectivity index (χ1) is 63.3. The zero-order chi connectivity index (χ0) is 94.3. The van der Waals surface area contributed by atoms with Gasteiger partial charge >= 0.3 is 12.1 Å². The van der Waals surface area contributed by atoms with Gasteiger partial charge in [-0.15, -0.1) is 0 Å². The van der Waals surface area contributed by atoms with Gasteiger partial charge in [-0.2, -0.15) is 0 Å². The molecule has 34 nitrogen and oxygen atoms in total. The van der Waals surface area contributed by atoms with Gasteiger partial charge in [-0.25, -0.2) is 42.9 Å². The highest BCUT2D eigenvalue weighted by molar-refractivity contribution is 7.91. The van der Waals surface area contributed by atoms with E-state index >= 15 is 0 Å². The molecule has 0 radical (unpaired) electrons. The van der Waals surface area contributed by atoms with E-state index in [1.165, 1.54) is 35.5 Å². The quantitative estimate of drug-likeness (QED) is 0.0154. The van der Waals surface area contributed by atoms with Crippen LogP contribution in [0.5, 0.6) is 5.75 Å². The summed E-state index contributed by atoms with van der Waals surface area (Å²) in [5.74, 6) is -6.20. The molecule has 1 unspecified atom stereocenters. The molecule has 1 saturated carbocycles. The molecule has 5 aromatic rings. The van der Waals surface area contributed by atoms with E-state index in [1.807, 2.05) is 90.1 Å². The second-order valence-electron chi connectivity index (χ2n) is 36.3. The van der Waals surface area contributed by atoms with Gasteiger partial charge < -0.3 is 89.3 Å². The number of hydrogen-bond acceptors (Lipinski definition) is 29. The Morgan fingerprint density at radius 2 is 1.42 bits per heavy atom. The van der Waals surface area contributed by atoms with E-state index in [0.29, 0.717) is 188 Å². The number of nitrogens with zero attached hydrogens (tertiary/aromatic N) is 11. The molecule has 5 amide bonds. The smallest absolute Gasteiger partial charge is 0.407 e. The SMILES string of the molecule is CO[C@H]1CC2CC[C@@H](C)[C@@](O)(O2)C(=O)C(=O)N2CCCC[C@H]2C(=O)O[C@H](CC[C@@H]2CC[C@@H](OC(=O)NCc3cnc(N4CCN(C(=O)CCOCCN5CCN(c6ncc(C(=O)NCCS(=O)(=O)c7ccc(C(=O)N8CCOc9ccc(-c%10ccc(N)nc%10)cc9C8)c(C)c7)cn6)CC5)CC4)nc3)[C@H](OC)C2)C[C@@H](O)[C@H](C)/C=C(\C)[C@@H](O)CC(=O)[C@H](C)C[C@H](C)/C=C/C=C/C=C/1C. The van der Waals surface area contributed by atoms with Crippen molar-refractivity contribution >= 4 is 74.8 Å². The van der Waals surface area contributed by atoms with E-state index in [9.17, 15) is 62.1 Å². The topological polar surface area (TPSA) is 430 Å². The zero-order valence-corrected chi connectivity index (χ0v) is 78.3. The number of pyridine rings is 1. The number of methoxy groups -OCH3 is 2. The number of aryl methyl sites for hydroxylation is 1. The average molecular weight is 1850 g/mol. The third kappa shape index (κ3) is 27.2. The molecule has 12 rings (SSSR count). The lowest BCUT2D eigenvalue weighted by molar-refractivity contribution is -0.265. The fourth-order valence-electron chi connectivity index (χ4n) is 18.3. The maximum atomic E-state index is 14.7. The van der Waals surface area contributed by atoms with Crippen LogP contribution in [-0.4, -0.2) is 288 Å². The number of carbonyl (C=O) groups excluding carboxylic acids is 8. The molecule has 5 fully saturated rings. The highest BCUT2D eigenvalue weighted by Gasteiger charge is 2.53. The molecule has 1 aliphatic carbocycles. The number of fused-ring (bicyclic) bond motifs is 4. The van der Waals surface area contributed by atoms with Gasteiger partial charge in [0.2, 0.25) is 23.6 Å². The van der Waals surface area contributed by atoms with E-state index < -0.39 is 106 Å². The summed E-state index contributed by atoms with van der Waals surface area (Å²) in [5, 5.41) is 40.9. The Bertz CT molecular complexity index is 5030. The number of aliphatic hydroxyl groups is 3. The maximum absolute atomic E-state index is 14.7. The molecule has 132 heavy (non-hydrogen) atoms. The molecule has 2 bridgehead atoms. The minimum absolute atomic E-state index is 0.00874. The molecule has 35 heteroatoms. The third-order valence-electron chi connectivity index (χ3n) is 26.7. The Morgan fingerprint density at radius 1 is 0.697 bits per heavy atom. The summed E-state index contributed by atoms with van der Waals surface area (Å²) in [5.41, 5.74) is 11.4. The Hall–Kier alpha value is -10.5. The number of ketones is 2. The van der Waals surface area contributed by atoms with Gasteiger partial charge in [0, 0.05) is 190 Å². The Labute approximate surface area is 773 Å². The summed E-state index contributed by atoms with van der Waals surface area (Å²) in [4.78, 5) is 144. The number of nitrogens with one attached hydrogen (secondary N) is 2. The van der Waals surface area contributed by atoms with Gasteiger partial charge in [0.15, 0.2) is 9.84 Å². The molecule has 6 aliphatic heterocycles. The zero-order valence-electron chi connectivity index (χ0n) is 77.5. The molecule has 7 aliphatic rings. The largest absolute Gasteiger partial charge is 0.491 e. The molecule has 4 saturated heterocycles. The number of hydrogen-bond donors (Lipinski definition) is 6. The third-order valence-corrected chi connectivity index (χ3v) is 28.4. The van der Waals surface area contributed by atoms with Gasteiger partial charge in [-0.1, -0.05) is 70.2 Å². The van der Waals surface area contributed by atoms with Crippen LogP contribution in [0.3, 0.4) is 0 Å². The number of carbonyl (C=O) groups is 8. The summed E-state index contributed by atoms with van der Waals surface area (Å²) in [6.07, 6.45) is 18.8. The maximum Gasteiger partial charge on any atom is 0.407 e. The number of aliphatic hydroxyl groups excluding tert-OH is 2. The standard InChI is InChI=1S/C97H132N14O20S/c1-62-15-11-10-12-16-63(2)85(125-8)53-76-23-18-68(7)97(122,131-76)89(116)92(119)111-32-14-13-17-79(111)93(120)129-75(52-80(112)66(5)48-67(6)82(114)54-81(113)65(4)47-62)24-19-69-20-27-84(86(50-69)126-9)130-96(121)105-57-70-55-101-94(102-56-70)109-39-37-107(38-40-109)88(115)30-43-127-44-41-106-33-35-108(36-34-106)95-103-59-74(60-104-95)90(117)99-31-46-132(123,124)77-25-26-78(64(3)49-77)91(118)110-42-45-128-83-28-21-71(51-73(83)61-110)72-22-29-87(98)100-58-72/h10-12,15-16,21-22,25-26,28-29,48-49,51,55-56,58-60,62,65-66,68-69,75-76,79-80,82,84-86,112,114,122H,13-14,17-20,23-24,27,30-47,50,52-54,57,61H2,1-9H3,(H2,98,100)(H,99,117)(H,105,121)/b12-10+,15-11+,63-16+,67-48+/t62-,65-,66-,68-,69-,75-,76?,79+,80-,82+,84-,85+,86-,97-/m1/s1. The van der Waals surface area contributed by atoms with Crippen molar-refractivity contribution < 1.29 is 95.3 Å². The second-order valence-corrected chi connectivity index (χ2v) is 38.4. The van der Waals surface area contributed by atoms with Crippen molar-refractivity contribution in [3.05, 3.63) is 155 Å². The number of allylic oxidation sites excluding steroid dienone is 5. The summed E-state index contributed by atoms with van der Waals surface area (Å²) in [6.45, 7) is 19.6. The van der Waals surface area contributed by atoms with Crippen LogP contribution in [0.15, 0.2) is 132 Å². The van der Waals surface area contributed by atoms with Crippen molar-refractivity contribution in [3.63, 3.8) is 0 Å². The highest BCUT2D eigenvalue weighted by Crippen LogP contribution is 2.39. The van der Waals surface area contributed by atoms with Crippen molar-refractivity contribution in [1.82, 2.24) is 55.2 Å². The van der Waals surface area contributed by atoms with Crippen LogP contribution in [0.2, 0.25) is 0 Å². The number of esters is 1. The average Bonchev–Trinajstić information content (AvgIpc) is 0.874. The number of sulfone groups is 1. The predicted octanol–water partition coefficient (Wildman–Crippen LogP) is 8.68. The molecule has 716 valence electrons. The number of ether oxygens (including phenoxy) is 7. The first-order valence-corrected chi connectivity index (χ1v) is 48.1. The van der Waals surface area contributed by atoms with Gasteiger partial charge in [0.1, 0.15) is 42.2 Å². The predicted molar refractivity (Wildman–Crippen MR) is 493 cm³/mol. The number of amides is 5. The fraction of sp³-hybridized carbons (Fsp3) is 0.577. The van der Waals surface area contributed by atoms with E-state index in [2.05, 4.69) is 40.5 Å². The lowest BCUT2D eigenvalue weighted by Crippen LogP contribution is -2.60. The number of piperazine rings is 2. The fourth-order valence-corrected chi connectivity index (χ4v) is 19.5. The number of benzene rings is 2. The lowest BCUT2D eigenvalue weighted by Gasteiger charge is -2.42. The van der Waals surface area contributed by atoms with Crippen molar-refractivity contribution in [2.24, 2.45) is 29.6 Å². The molecule has 2 aromatic carbocycles. The van der Waals surface area contributed by atoms with Crippen molar-refractivity contribution in [3.8, 4) is 16.9 Å². The molecule has 9 heterocycles. The number of Topliss-reactive ketones (excluding diaryl/α,β-unsaturated/α-hetero) is 2. The van der Waals surface area contributed by atoms with Crippen molar-refractivity contribution in [1.29, 1.82) is 0 Å². The lowest BCUT2D eigenvalue weighted by atomic mass is 9.81. The molecule has 14 atom stereocenters. The molecule has 7 N–H and O–H groups in total.